The number of nitrogens with zero attached hydrogens (tertiary/aromatic N) is 1. The van der Waals surface area contributed by atoms with Gasteiger partial charge in [0.25, 0.3) is 0 Å². The number of nitrogens with one attached hydrogen (secondary N) is 1. The molecule has 0 amide bonds. The van der Waals surface area contributed by atoms with Crippen LogP contribution >= 0.6 is 12.2 Å². The second kappa shape index (κ2) is 5.67. The molecule has 0 spiro atoms. The third-order valence-electron chi connectivity index (χ3n) is 4.59. The fraction of sp³-hybridized carbons (Fsp3) is 0.316. The van der Waals surface area contributed by atoms with Crippen molar-refractivity contribution in [2.24, 2.45) is 0 Å². The van der Waals surface area contributed by atoms with E-state index in [2.05, 4.69) is 23.2 Å². The van der Waals surface area contributed by atoms with Gasteiger partial charge in [0.1, 0.15) is 11.5 Å². The molecular formula is C19H20N2O2S. The van der Waals surface area contributed by atoms with Crippen LogP contribution in [0.2, 0.25) is 0 Å². The predicted octanol–water partition coefficient (Wildman–Crippen LogP) is 4.02. The number of para-hydroxylation sites is 1. The van der Waals surface area contributed by atoms with Gasteiger partial charge < -0.3 is 14.8 Å². The number of hydrogen-bond donors (Lipinski definition) is 1. The largest absolute Gasteiger partial charge is 0.494 e. The van der Waals surface area contributed by atoms with E-state index in [-0.39, 0.29) is 6.04 Å². The molecule has 24 heavy (non-hydrogen) atoms. The summed E-state index contributed by atoms with van der Waals surface area (Å²) in [5.74, 6) is 1.78. The normalized spacial score (nSPS) is 24.7. The van der Waals surface area contributed by atoms with E-state index in [1.165, 1.54) is 5.56 Å². The Balaban J connectivity index is 1.71. The first kappa shape index (κ1) is 15.3. The van der Waals surface area contributed by atoms with Crippen molar-refractivity contribution >= 4 is 23.0 Å². The first-order chi connectivity index (χ1) is 11.6. The summed E-state index contributed by atoms with van der Waals surface area (Å²) in [5.41, 5.74) is 1.66. The summed E-state index contributed by atoms with van der Waals surface area (Å²) in [5, 5.41) is 4.15. The zero-order valence-corrected chi connectivity index (χ0v) is 14.6. The SMILES string of the molecule is CCOc1ccc(N2C(=S)N[C@H]3C[C@]2(C)Oc2ccccc23)cc1. The van der Waals surface area contributed by atoms with Crippen LogP contribution in [0.4, 0.5) is 5.69 Å². The summed E-state index contributed by atoms with van der Waals surface area (Å²) in [6.07, 6.45) is 0.831. The van der Waals surface area contributed by atoms with Crippen molar-refractivity contribution in [2.75, 3.05) is 11.5 Å². The van der Waals surface area contributed by atoms with Crippen molar-refractivity contribution in [1.82, 2.24) is 5.32 Å². The summed E-state index contributed by atoms with van der Waals surface area (Å²) in [4.78, 5) is 2.06. The number of ether oxygens (including phenoxy) is 2. The number of thiocarbonyl (C=S) groups is 1. The van der Waals surface area contributed by atoms with Crippen LogP contribution in [0.3, 0.4) is 0 Å². The van der Waals surface area contributed by atoms with Gasteiger partial charge in [-0.3, -0.25) is 4.90 Å². The Bertz CT molecular complexity index is 777. The molecule has 2 aromatic carbocycles. The molecule has 0 aromatic heterocycles. The molecule has 1 fully saturated rings. The average Bonchev–Trinajstić information content (AvgIpc) is 2.56. The van der Waals surface area contributed by atoms with Gasteiger partial charge in [-0.1, -0.05) is 18.2 Å². The Morgan fingerprint density at radius 3 is 2.75 bits per heavy atom. The monoisotopic (exact) mass is 340 g/mol. The lowest BCUT2D eigenvalue weighted by Gasteiger charge is -2.52. The minimum atomic E-state index is -0.505. The van der Waals surface area contributed by atoms with Gasteiger partial charge in [0.15, 0.2) is 10.8 Å². The zero-order chi connectivity index (χ0) is 16.7. The Kier molecular flexibility index (Phi) is 3.61. The molecule has 2 aliphatic rings. The fourth-order valence-corrected chi connectivity index (χ4v) is 4.01. The number of rotatable bonds is 3. The third kappa shape index (κ3) is 2.40. The first-order valence-corrected chi connectivity index (χ1v) is 8.63. The second-order valence-electron chi connectivity index (χ2n) is 6.28. The highest BCUT2D eigenvalue weighted by atomic mass is 32.1. The number of anilines is 1. The van der Waals surface area contributed by atoms with Crippen molar-refractivity contribution in [3.05, 3.63) is 54.1 Å². The van der Waals surface area contributed by atoms with Crippen LogP contribution in [-0.2, 0) is 0 Å². The molecule has 1 N–H and O–H groups in total. The van der Waals surface area contributed by atoms with E-state index < -0.39 is 5.72 Å². The van der Waals surface area contributed by atoms with Gasteiger partial charge in [0, 0.05) is 17.7 Å². The average molecular weight is 340 g/mol. The van der Waals surface area contributed by atoms with Crippen molar-refractivity contribution in [1.29, 1.82) is 0 Å². The van der Waals surface area contributed by atoms with Gasteiger partial charge in [-0.15, -0.1) is 0 Å². The van der Waals surface area contributed by atoms with Gasteiger partial charge in [0.05, 0.1) is 12.6 Å². The molecule has 0 aliphatic carbocycles. The highest BCUT2D eigenvalue weighted by Crippen LogP contribution is 2.45. The van der Waals surface area contributed by atoms with E-state index in [0.29, 0.717) is 11.7 Å². The van der Waals surface area contributed by atoms with E-state index in [1.807, 2.05) is 49.4 Å². The van der Waals surface area contributed by atoms with E-state index in [1.54, 1.807) is 0 Å². The summed E-state index contributed by atoms with van der Waals surface area (Å²) in [6, 6.07) is 16.3. The second-order valence-corrected chi connectivity index (χ2v) is 6.67. The van der Waals surface area contributed by atoms with Crippen LogP contribution in [0.5, 0.6) is 11.5 Å². The Labute approximate surface area is 147 Å². The molecule has 0 saturated carbocycles. The molecule has 1 saturated heterocycles. The van der Waals surface area contributed by atoms with Crippen LogP contribution in [0.1, 0.15) is 31.9 Å². The molecule has 2 aliphatic heterocycles. The van der Waals surface area contributed by atoms with E-state index in [0.717, 1.165) is 23.6 Å². The molecule has 4 rings (SSSR count). The highest BCUT2D eigenvalue weighted by Gasteiger charge is 2.48. The van der Waals surface area contributed by atoms with Crippen LogP contribution in [-0.4, -0.2) is 17.4 Å². The molecule has 2 aromatic rings. The summed E-state index contributed by atoms with van der Waals surface area (Å²) in [6.45, 7) is 4.73. The molecule has 2 atom stereocenters. The lowest BCUT2D eigenvalue weighted by molar-refractivity contribution is 0.0497. The van der Waals surface area contributed by atoms with Crippen LogP contribution < -0.4 is 19.7 Å². The van der Waals surface area contributed by atoms with Gasteiger partial charge in [-0.2, -0.15) is 0 Å². The summed E-state index contributed by atoms with van der Waals surface area (Å²) < 4.78 is 11.9. The van der Waals surface area contributed by atoms with Gasteiger partial charge in [-0.05, 0) is 56.4 Å². The maximum atomic E-state index is 6.37. The van der Waals surface area contributed by atoms with Gasteiger partial charge in [-0.25, -0.2) is 0 Å². The Morgan fingerprint density at radius 1 is 1.25 bits per heavy atom. The molecule has 0 unspecified atom stereocenters. The summed E-state index contributed by atoms with van der Waals surface area (Å²) in [7, 11) is 0. The lowest BCUT2D eigenvalue weighted by Crippen LogP contribution is -2.65. The quantitative estimate of drug-likeness (QED) is 0.854. The molecule has 5 heteroatoms. The highest BCUT2D eigenvalue weighted by molar-refractivity contribution is 7.80. The zero-order valence-electron chi connectivity index (χ0n) is 13.8. The maximum Gasteiger partial charge on any atom is 0.188 e. The Morgan fingerprint density at radius 2 is 2.00 bits per heavy atom. The molecule has 2 bridgehead atoms. The number of fused-ring (bicyclic) bond motifs is 4. The first-order valence-electron chi connectivity index (χ1n) is 8.22. The van der Waals surface area contributed by atoms with Crippen molar-refractivity contribution < 1.29 is 9.47 Å². The van der Waals surface area contributed by atoms with E-state index in [9.17, 15) is 0 Å². The topological polar surface area (TPSA) is 33.7 Å². The Hall–Kier alpha value is -2.27. The van der Waals surface area contributed by atoms with Gasteiger partial charge >= 0.3 is 0 Å². The lowest BCUT2D eigenvalue weighted by atomic mass is 9.90. The standard InChI is InChI=1S/C19H20N2O2S/c1-3-22-14-10-8-13(9-11-14)21-18(24)20-16-12-19(21,2)23-17-7-5-4-6-15(16)17/h4-11,16H,3,12H2,1-2H3,(H,20,24)/t16-,19-/m0/s1. The number of hydrogen-bond acceptors (Lipinski definition) is 3. The van der Waals surface area contributed by atoms with Gasteiger partial charge in [0.2, 0.25) is 0 Å². The van der Waals surface area contributed by atoms with Crippen molar-refractivity contribution in [3.8, 4) is 11.5 Å². The molecule has 0 radical (unpaired) electrons. The van der Waals surface area contributed by atoms with Crippen LogP contribution in [0.25, 0.3) is 0 Å². The predicted molar refractivity (Wildman–Crippen MR) is 98.7 cm³/mol. The van der Waals surface area contributed by atoms with Crippen molar-refractivity contribution in [3.63, 3.8) is 0 Å². The van der Waals surface area contributed by atoms with Crippen LogP contribution in [0, 0.1) is 0 Å². The summed E-state index contributed by atoms with van der Waals surface area (Å²) >= 11 is 5.65. The molecular weight excluding hydrogens is 320 g/mol. The van der Waals surface area contributed by atoms with E-state index >= 15 is 0 Å². The fourth-order valence-electron chi connectivity index (χ4n) is 3.57. The third-order valence-corrected chi connectivity index (χ3v) is 4.89. The van der Waals surface area contributed by atoms with Crippen LogP contribution in [0.15, 0.2) is 48.5 Å². The minimum Gasteiger partial charge on any atom is -0.494 e. The molecule has 2 heterocycles. The maximum absolute atomic E-state index is 6.37. The minimum absolute atomic E-state index is 0.186. The van der Waals surface area contributed by atoms with E-state index in [4.69, 9.17) is 21.7 Å². The molecule has 4 nitrogen and oxygen atoms in total. The number of benzene rings is 2. The van der Waals surface area contributed by atoms with Crippen molar-refractivity contribution in [2.45, 2.75) is 32.0 Å². The molecule has 124 valence electrons. The smallest absolute Gasteiger partial charge is 0.188 e.